The molecule has 0 radical (unpaired) electrons. The lowest BCUT2D eigenvalue weighted by Crippen LogP contribution is -2.51. The maximum atomic E-state index is 12.5. The Morgan fingerprint density at radius 3 is 2.40 bits per heavy atom. The molecule has 1 fully saturated rings. The predicted molar refractivity (Wildman–Crippen MR) is 88.7 cm³/mol. The number of aromatic amines is 1. The van der Waals surface area contributed by atoms with Crippen molar-refractivity contribution in [3.63, 3.8) is 0 Å². The zero-order valence-corrected chi connectivity index (χ0v) is 13.8. The van der Waals surface area contributed by atoms with Gasteiger partial charge in [0.25, 0.3) is 5.91 Å². The van der Waals surface area contributed by atoms with E-state index in [9.17, 15) is 14.4 Å². The van der Waals surface area contributed by atoms with Crippen LogP contribution in [0.15, 0.2) is 35.1 Å². The van der Waals surface area contributed by atoms with Gasteiger partial charge in [0.05, 0.1) is 12.3 Å². The van der Waals surface area contributed by atoms with E-state index in [0.717, 1.165) is 4.68 Å². The number of rotatable bonds is 3. The van der Waals surface area contributed by atoms with Crippen LogP contribution in [0, 0.1) is 0 Å². The summed E-state index contributed by atoms with van der Waals surface area (Å²) in [6, 6.07) is 8.86. The first-order valence-corrected chi connectivity index (χ1v) is 8.06. The zero-order chi connectivity index (χ0) is 17.8. The van der Waals surface area contributed by atoms with E-state index in [4.69, 9.17) is 4.74 Å². The molecule has 2 aromatic rings. The van der Waals surface area contributed by atoms with E-state index in [-0.39, 0.29) is 17.8 Å². The third-order valence-electron chi connectivity index (χ3n) is 3.91. The quantitative estimate of drug-likeness (QED) is 0.872. The van der Waals surface area contributed by atoms with Gasteiger partial charge in [-0.2, -0.15) is 4.68 Å². The fourth-order valence-electron chi connectivity index (χ4n) is 2.62. The van der Waals surface area contributed by atoms with Crippen LogP contribution >= 0.6 is 0 Å². The molecule has 2 heterocycles. The summed E-state index contributed by atoms with van der Waals surface area (Å²) in [6.45, 7) is 3.55. The Balaban J connectivity index is 1.69. The lowest BCUT2D eigenvalue weighted by atomic mass is 10.3. The summed E-state index contributed by atoms with van der Waals surface area (Å²) in [7, 11) is 0. The highest BCUT2D eigenvalue weighted by molar-refractivity contribution is 5.90. The summed E-state index contributed by atoms with van der Waals surface area (Å²) in [5, 5.41) is 4.09. The molecule has 2 amide bonds. The minimum absolute atomic E-state index is 0.0153. The fourth-order valence-corrected chi connectivity index (χ4v) is 2.62. The van der Waals surface area contributed by atoms with E-state index >= 15 is 0 Å². The lowest BCUT2D eigenvalue weighted by molar-refractivity contribution is 0.0561. The SMILES string of the molecule is CCOC(=O)N1CCN(C(=O)c2nn(-c3ccccc3)c(=O)[nH]2)CC1. The largest absolute Gasteiger partial charge is 0.450 e. The number of nitrogens with zero attached hydrogens (tertiary/aromatic N) is 4. The smallest absolute Gasteiger partial charge is 0.409 e. The van der Waals surface area contributed by atoms with Crippen LogP contribution in [0.25, 0.3) is 5.69 Å². The number of nitrogens with one attached hydrogen (secondary N) is 1. The van der Waals surface area contributed by atoms with E-state index in [0.29, 0.717) is 38.5 Å². The van der Waals surface area contributed by atoms with Crippen LogP contribution in [-0.4, -0.2) is 69.4 Å². The predicted octanol–water partition coefficient (Wildman–Crippen LogP) is 0.475. The van der Waals surface area contributed by atoms with Crippen LogP contribution in [0.5, 0.6) is 0 Å². The molecular formula is C16H19N5O4. The molecule has 0 bridgehead atoms. The lowest BCUT2D eigenvalue weighted by Gasteiger charge is -2.33. The second kappa shape index (κ2) is 7.20. The first-order chi connectivity index (χ1) is 12.1. The van der Waals surface area contributed by atoms with Gasteiger partial charge < -0.3 is 14.5 Å². The first kappa shape index (κ1) is 16.7. The summed E-state index contributed by atoms with van der Waals surface area (Å²) in [6.07, 6.45) is -0.378. The van der Waals surface area contributed by atoms with Gasteiger partial charge in [-0.1, -0.05) is 18.2 Å². The highest BCUT2D eigenvalue weighted by atomic mass is 16.6. The van der Waals surface area contributed by atoms with Gasteiger partial charge in [0.1, 0.15) is 0 Å². The molecule has 132 valence electrons. The number of hydrogen-bond acceptors (Lipinski definition) is 5. The number of carbonyl (C=O) groups is 2. The molecule has 0 spiro atoms. The number of hydrogen-bond donors (Lipinski definition) is 1. The highest BCUT2D eigenvalue weighted by Crippen LogP contribution is 2.08. The Labute approximate surface area is 143 Å². The number of ether oxygens (including phenoxy) is 1. The summed E-state index contributed by atoms with van der Waals surface area (Å²) in [4.78, 5) is 41.9. The van der Waals surface area contributed by atoms with Crippen molar-refractivity contribution in [1.29, 1.82) is 0 Å². The molecule has 3 rings (SSSR count). The maximum absolute atomic E-state index is 12.5. The standard InChI is InChI=1S/C16H19N5O4/c1-2-25-16(24)20-10-8-19(9-11-20)14(22)13-17-15(23)21(18-13)12-6-4-3-5-7-12/h3-7H,2,8-11H2,1H3,(H,17,18,23). The molecular weight excluding hydrogens is 326 g/mol. The molecule has 1 aromatic carbocycles. The van der Waals surface area contributed by atoms with E-state index in [1.54, 1.807) is 41.0 Å². The number of H-pyrrole nitrogens is 1. The number of piperazine rings is 1. The number of aromatic nitrogens is 3. The van der Waals surface area contributed by atoms with Gasteiger partial charge in [0.2, 0.25) is 5.82 Å². The van der Waals surface area contributed by atoms with E-state index in [2.05, 4.69) is 10.1 Å². The van der Waals surface area contributed by atoms with Crippen molar-refractivity contribution in [1.82, 2.24) is 24.6 Å². The Bertz CT molecular complexity index is 805. The number of carbonyl (C=O) groups excluding carboxylic acids is 2. The summed E-state index contributed by atoms with van der Waals surface area (Å²) in [5.74, 6) is -0.381. The Morgan fingerprint density at radius 1 is 1.12 bits per heavy atom. The molecule has 0 aliphatic carbocycles. The molecule has 9 nitrogen and oxygen atoms in total. The van der Waals surface area contributed by atoms with E-state index in [1.165, 1.54) is 0 Å². The molecule has 9 heteroatoms. The molecule has 1 aliphatic rings. The normalized spacial score (nSPS) is 14.4. The van der Waals surface area contributed by atoms with Gasteiger partial charge in [-0.15, -0.1) is 5.10 Å². The van der Waals surface area contributed by atoms with Crippen LogP contribution in [0.4, 0.5) is 4.79 Å². The van der Waals surface area contributed by atoms with Gasteiger partial charge in [-0.05, 0) is 19.1 Å². The summed E-state index contributed by atoms with van der Waals surface area (Å²) < 4.78 is 6.10. The van der Waals surface area contributed by atoms with Gasteiger partial charge in [0.15, 0.2) is 0 Å². The highest BCUT2D eigenvalue weighted by Gasteiger charge is 2.27. The molecule has 0 atom stereocenters. The Kier molecular flexibility index (Phi) is 4.82. The Morgan fingerprint density at radius 2 is 1.76 bits per heavy atom. The molecule has 1 N–H and O–H groups in total. The molecule has 1 aliphatic heterocycles. The van der Waals surface area contributed by atoms with Crippen LogP contribution in [0.2, 0.25) is 0 Å². The van der Waals surface area contributed by atoms with Crippen molar-refractivity contribution < 1.29 is 14.3 Å². The Hall–Kier alpha value is -3.10. The van der Waals surface area contributed by atoms with Crippen molar-refractivity contribution in [2.45, 2.75) is 6.92 Å². The van der Waals surface area contributed by atoms with Crippen molar-refractivity contribution in [2.75, 3.05) is 32.8 Å². The van der Waals surface area contributed by atoms with Crippen LogP contribution in [0.3, 0.4) is 0 Å². The van der Waals surface area contributed by atoms with E-state index in [1.807, 2.05) is 6.07 Å². The second-order valence-corrected chi connectivity index (χ2v) is 5.50. The monoisotopic (exact) mass is 345 g/mol. The maximum Gasteiger partial charge on any atom is 0.409 e. The summed E-state index contributed by atoms with van der Waals surface area (Å²) >= 11 is 0. The minimum Gasteiger partial charge on any atom is -0.450 e. The number of benzene rings is 1. The van der Waals surface area contributed by atoms with Crippen LogP contribution in [0.1, 0.15) is 17.5 Å². The zero-order valence-electron chi connectivity index (χ0n) is 13.8. The molecule has 25 heavy (non-hydrogen) atoms. The summed E-state index contributed by atoms with van der Waals surface area (Å²) in [5.41, 5.74) is 0.106. The van der Waals surface area contributed by atoms with Crippen molar-refractivity contribution in [2.24, 2.45) is 0 Å². The van der Waals surface area contributed by atoms with Crippen molar-refractivity contribution in [3.05, 3.63) is 46.6 Å². The van der Waals surface area contributed by atoms with Crippen molar-refractivity contribution in [3.8, 4) is 5.69 Å². The van der Waals surface area contributed by atoms with Gasteiger partial charge in [0, 0.05) is 26.2 Å². The van der Waals surface area contributed by atoms with E-state index < -0.39 is 5.69 Å². The average molecular weight is 345 g/mol. The van der Waals surface area contributed by atoms with Gasteiger partial charge >= 0.3 is 11.8 Å². The fraction of sp³-hybridized carbons (Fsp3) is 0.375. The second-order valence-electron chi connectivity index (χ2n) is 5.50. The van der Waals surface area contributed by atoms with Crippen molar-refractivity contribution >= 4 is 12.0 Å². The third kappa shape index (κ3) is 3.54. The molecule has 1 saturated heterocycles. The van der Waals surface area contributed by atoms with Gasteiger partial charge in [-0.25, -0.2) is 9.59 Å². The average Bonchev–Trinajstić information content (AvgIpc) is 3.04. The number of para-hydroxylation sites is 1. The van der Waals surface area contributed by atoms with Crippen LogP contribution in [-0.2, 0) is 4.74 Å². The number of amides is 2. The topological polar surface area (TPSA) is 101 Å². The third-order valence-corrected chi connectivity index (χ3v) is 3.91. The minimum atomic E-state index is -0.472. The van der Waals surface area contributed by atoms with Crippen LogP contribution < -0.4 is 5.69 Å². The molecule has 1 aromatic heterocycles. The first-order valence-electron chi connectivity index (χ1n) is 8.06. The molecule has 0 unspecified atom stereocenters. The van der Waals surface area contributed by atoms with Gasteiger partial charge in [-0.3, -0.25) is 9.78 Å². The molecule has 0 saturated carbocycles.